The van der Waals surface area contributed by atoms with E-state index in [9.17, 15) is 4.79 Å². The number of rotatable bonds is 6. The van der Waals surface area contributed by atoms with E-state index in [0.29, 0.717) is 18.0 Å². The molecule has 0 radical (unpaired) electrons. The van der Waals surface area contributed by atoms with E-state index in [-0.39, 0.29) is 6.03 Å². The predicted molar refractivity (Wildman–Crippen MR) is 114 cm³/mol. The monoisotopic (exact) mass is 394 g/mol. The van der Waals surface area contributed by atoms with Crippen molar-refractivity contribution in [2.45, 2.75) is 0 Å². The number of hydrogen-bond acceptors (Lipinski definition) is 5. The average Bonchev–Trinajstić information content (AvgIpc) is 3.17. The fourth-order valence-electron chi connectivity index (χ4n) is 3.59. The Morgan fingerprint density at radius 3 is 2.83 bits per heavy atom. The summed E-state index contributed by atoms with van der Waals surface area (Å²) in [6.07, 6.45) is 1.91. The van der Waals surface area contributed by atoms with Crippen LogP contribution in [0.25, 0.3) is 22.2 Å². The minimum Gasteiger partial charge on any atom is -0.496 e. The predicted octanol–water partition coefficient (Wildman–Crippen LogP) is 2.27. The highest BCUT2D eigenvalue weighted by molar-refractivity contribution is 5.97. The van der Waals surface area contributed by atoms with Gasteiger partial charge in [-0.25, -0.2) is 9.78 Å². The van der Waals surface area contributed by atoms with Crippen LogP contribution in [-0.2, 0) is 0 Å². The summed E-state index contributed by atoms with van der Waals surface area (Å²) in [4.78, 5) is 22.2. The fraction of sp³-hybridized carbons (Fsp3) is 0.333. The first-order valence-electron chi connectivity index (χ1n) is 9.84. The van der Waals surface area contributed by atoms with Gasteiger partial charge in [0, 0.05) is 62.0 Å². The van der Waals surface area contributed by atoms with Crippen LogP contribution in [0.3, 0.4) is 0 Å². The lowest BCUT2D eigenvalue weighted by Crippen LogP contribution is -2.46. The zero-order valence-electron chi connectivity index (χ0n) is 16.5. The maximum absolute atomic E-state index is 12.2. The Bertz CT molecular complexity index is 980. The number of nitrogens with one attached hydrogen (secondary N) is 4. The summed E-state index contributed by atoms with van der Waals surface area (Å²) in [6.45, 7) is 5.49. The van der Waals surface area contributed by atoms with Crippen LogP contribution in [-0.4, -0.2) is 67.3 Å². The van der Waals surface area contributed by atoms with Crippen molar-refractivity contribution in [3.05, 3.63) is 42.6 Å². The maximum atomic E-state index is 12.2. The number of benzene rings is 1. The number of anilines is 1. The molecule has 1 fully saturated rings. The highest BCUT2D eigenvalue weighted by Gasteiger charge is 2.13. The van der Waals surface area contributed by atoms with Crippen molar-refractivity contribution >= 4 is 22.9 Å². The van der Waals surface area contributed by atoms with Crippen LogP contribution in [0.1, 0.15) is 0 Å². The molecule has 152 valence electrons. The quantitative estimate of drug-likeness (QED) is 0.515. The Morgan fingerprint density at radius 1 is 1.17 bits per heavy atom. The highest BCUT2D eigenvalue weighted by atomic mass is 16.5. The first kappa shape index (κ1) is 19.2. The Hall–Kier alpha value is -3.10. The van der Waals surface area contributed by atoms with Gasteiger partial charge >= 0.3 is 6.03 Å². The molecule has 4 N–H and O–H groups in total. The molecule has 1 saturated heterocycles. The molecule has 1 aromatic carbocycles. The van der Waals surface area contributed by atoms with E-state index in [2.05, 4.69) is 30.8 Å². The van der Waals surface area contributed by atoms with Crippen molar-refractivity contribution in [1.82, 2.24) is 25.5 Å². The number of para-hydroxylation sites is 1. The lowest BCUT2D eigenvalue weighted by Gasteiger charge is -2.27. The first-order valence-corrected chi connectivity index (χ1v) is 9.84. The normalized spacial score (nSPS) is 14.7. The summed E-state index contributed by atoms with van der Waals surface area (Å²) in [6, 6.07) is 11.4. The lowest BCUT2D eigenvalue weighted by atomic mass is 10.0. The number of carbonyl (C=O) groups excluding carboxylic acids is 1. The molecule has 29 heavy (non-hydrogen) atoms. The molecular weight excluding hydrogens is 368 g/mol. The number of H-pyrrole nitrogens is 1. The average molecular weight is 394 g/mol. The molecule has 0 spiro atoms. The zero-order valence-corrected chi connectivity index (χ0v) is 16.5. The van der Waals surface area contributed by atoms with Crippen molar-refractivity contribution in [2.75, 3.05) is 51.7 Å². The summed E-state index contributed by atoms with van der Waals surface area (Å²) < 4.78 is 5.47. The second-order valence-corrected chi connectivity index (χ2v) is 6.97. The SMILES string of the molecule is COc1ccccc1-c1c[nH]c2nc(NC(=O)NCCN3CCNCC3)ccc12. The second-order valence-electron chi connectivity index (χ2n) is 6.97. The minimum absolute atomic E-state index is 0.247. The van der Waals surface area contributed by atoms with Gasteiger partial charge in [-0.15, -0.1) is 0 Å². The molecule has 3 heterocycles. The van der Waals surface area contributed by atoms with Gasteiger partial charge in [-0.2, -0.15) is 0 Å². The van der Waals surface area contributed by atoms with Crippen molar-refractivity contribution in [1.29, 1.82) is 0 Å². The number of urea groups is 1. The summed E-state index contributed by atoms with van der Waals surface area (Å²) in [7, 11) is 1.66. The molecule has 2 aromatic heterocycles. The summed E-state index contributed by atoms with van der Waals surface area (Å²) in [5, 5.41) is 9.99. The topological polar surface area (TPSA) is 94.3 Å². The highest BCUT2D eigenvalue weighted by Crippen LogP contribution is 2.34. The molecule has 0 aliphatic carbocycles. The number of methoxy groups -OCH3 is 1. The third-order valence-electron chi connectivity index (χ3n) is 5.10. The molecule has 1 aliphatic rings. The van der Waals surface area contributed by atoms with E-state index < -0.39 is 0 Å². The molecule has 3 aromatic rings. The molecule has 2 amide bonds. The van der Waals surface area contributed by atoms with E-state index >= 15 is 0 Å². The Balaban J connectivity index is 1.40. The van der Waals surface area contributed by atoms with Crippen LogP contribution in [0.15, 0.2) is 42.6 Å². The number of pyridine rings is 1. The van der Waals surface area contributed by atoms with Gasteiger partial charge in [0.1, 0.15) is 17.2 Å². The van der Waals surface area contributed by atoms with E-state index in [1.807, 2.05) is 42.6 Å². The number of aromatic nitrogens is 2. The third-order valence-corrected chi connectivity index (χ3v) is 5.10. The lowest BCUT2D eigenvalue weighted by molar-refractivity contribution is 0.233. The van der Waals surface area contributed by atoms with E-state index in [1.165, 1.54) is 0 Å². The maximum Gasteiger partial charge on any atom is 0.320 e. The number of piperazine rings is 1. The molecule has 8 nitrogen and oxygen atoms in total. The second kappa shape index (κ2) is 8.93. The largest absolute Gasteiger partial charge is 0.496 e. The van der Waals surface area contributed by atoms with Crippen LogP contribution in [0.4, 0.5) is 10.6 Å². The van der Waals surface area contributed by atoms with E-state index in [1.54, 1.807) is 7.11 Å². The number of nitrogens with zero attached hydrogens (tertiary/aromatic N) is 2. The molecule has 0 atom stereocenters. The van der Waals surface area contributed by atoms with Crippen molar-refractivity contribution in [3.63, 3.8) is 0 Å². The molecular formula is C21H26N6O2. The smallest absolute Gasteiger partial charge is 0.320 e. The van der Waals surface area contributed by atoms with Gasteiger partial charge in [0.05, 0.1) is 7.11 Å². The van der Waals surface area contributed by atoms with Gasteiger partial charge in [-0.05, 0) is 18.2 Å². The first-order chi connectivity index (χ1) is 14.2. The number of aromatic amines is 1. The van der Waals surface area contributed by atoms with E-state index in [4.69, 9.17) is 4.74 Å². The minimum atomic E-state index is -0.247. The van der Waals surface area contributed by atoms with Crippen molar-refractivity contribution < 1.29 is 9.53 Å². The fourth-order valence-corrected chi connectivity index (χ4v) is 3.59. The molecule has 0 saturated carbocycles. The number of ether oxygens (including phenoxy) is 1. The standard InChI is InChI=1S/C21H26N6O2/c1-29-18-5-3-2-4-15(18)17-14-24-20-16(17)6-7-19(25-20)26-21(28)23-10-13-27-11-8-22-9-12-27/h2-7,14,22H,8-13H2,1H3,(H3,23,24,25,26,28). The molecule has 0 bridgehead atoms. The van der Waals surface area contributed by atoms with Crippen molar-refractivity contribution in [3.8, 4) is 16.9 Å². The Labute approximate surface area is 169 Å². The summed E-state index contributed by atoms with van der Waals surface area (Å²) >= 11 is 0. The summed E-state index contributed by atoms with van der Waals surface area (Å²) in [5.74, 6) is 1.31. The van der Waals surface area contributed by atoms with Gasteiger partial charge in [-0.3, -0.25) is 10.2 Å². The van der Waals surface area contributed by atoms with Crippen LogP contribution in [0, 0.1) is 0 Å². The molecule has 1 aliphatic heterocycles. The van der Waals surface area contributed by atoms with Crippen LogP contribution in [0.5, 0.6) is 5.75 Å². The Kier molecular flexibility index (Phi) is 5.92. The van der Waals surface area contributed by atoms with Gasteiger partial charge in [0.25, 0.3) is 0 Å². The number of hydrogen-bond donors (Lipinski definition) is 4. The number of amides is 2. The third kappa shape index (κ3) is 4.49. The Morgan fingerprint density at radius 2 is 2.00 bits per heavy atom. The zero-order chi connectivity index (χ0) is 20.1. The molecule has 4 rings (SSSR count). The number of carbonyl (C=O) groups is 1. The van der Waals surface area contributed by atoms with Gasteiger partial charge in [0.2, 0.25) is 0 Å². The van der Waals surface area contributed by atoms with Gasteiger partial charge in [0.15, 0.2) is 0 Å². The van der Waals surface area contributed by atoms with E-state index in [0.717, 1.165) is 55.0 Å². The van der Waals surface area contributed by atoms with Crippen LogP contribution >= 0.6 is 0 Å². The van der Waals surface area contributed by atoms with Crippen LogP contribution < -0.4 is 20.7 Å². The van der Waals surface area contributed by atoms with Crippen molar-refractivity contribution in [2.24, 2.45) is 0 Å². The summed E-state index contributed by atoms with van der Waals surface area (Å²) in [5.41, 5.74) is 2.72. The van der Waals surface area contributed by atoms with Gasteiger partial charge < -0.3 is 20.4 Å². The molecule has 8 heteroatoms. The number of fused-ring (bicyclic) bond motifs is 1. The van der Waals surface area contributed by atoms with Gasteiger partial charge in [-0.1, -0.05) is 18.2 Å². The van der Waals surface area contributed by atoms with Crippen LogP contribution in [0.2, 0.25) is 0 Å². The molecule has 0 unspecified atom stereocenters.